The van der Waals surface area contributed by atoms with Gasteiger partial charge in [0.25, 0.3) is 0 Å². The second-order valence-corrected chi connectivity index (χ2v) is 6.42. The Bertz CT molecular complexity index is 568. The highest BCUT2D eigenvalue weighted by Crippen LogP contribution is 2.30. The van der Waals surface area contributed by atoms with Gasteiger partial charge < -0.3 is 10.2 Å². The zero-order chi connectivity index (χ0) is 16.7. The van der Waals surface area contributed by atoms with Crippen LogP contribution < -0.4 is 5.32 Å². The van der Waals surface area contributed by atoms with Crippen molar-refractivity contribution in [1.29, 1.82) is 0 Å². The van der Waals surface area contributed by atoms with Crippen molar-refractivity contribution in [1.82, 2.24) is 10.2 Å². The summed E-state index contributed by atoms with van der Waals surface area (Å²) < 4.78 is 0. The van der Waals surface area contributed by atoms with Crippen molar-refractivity contribution >= 4 is 17.9 Å². The summed E-state index contributed by atoms with van der Waals surface area (Å²) in [6.07, 6.45) is 6.04. The number of benzene rings is 1. The van der Waals surface area contributed by atoms with E-state index < -0.39 is 5.41 Å². The summed E-state index contributed by atoms with van der Waals surface area (Å²) in [4.78, 5) is 26.5. The number of piperidine rings is 1. The van der Waals surface area contributed by atoms with Crippen LogP contribution in [0.5, 0.6) is 0 Å². The third kappa shape index (κ3) is 4.68. The molecule has 0 aliphatic carbocycles. The maximum Gasteiger partial charge on any atom is 0.246 e. The topological polar surface area (TPSA) is 49.4 Å². The quantitative estimate of drug-likeness (QED) is 0.850. The molecule has 23 heavy (non-hydrogen) atoms. The Hall–Kier alpha value is -2.10. The average Bonchev–Trinajstić information content (AvgIpc) is 2.58. The highest BCUT2D eigenvalue weighted by Gasteiger charge is 2.38. The van der Waals surface area contributed by atoms with Crippen molar-refractivity contribution in [3.63, 3.8) is 0 Å². The second kappa shape index (κ2) is 7.95. The van der Waals surface area contributed by atoms with E-state index in [9.17, 15) is 9.59 Å². The van der Waals surface area contributed by atoms with Gasteiger partial charge in [-0.3, -0.25) is 9.59 Å². The van der Waals surface area contributed by atoms with Crippen LogP contribution in [0.1, 0.15) is 38.7 Å². The number of hydrogen-bond acceptors (Lipinski definition) is 2. The van der Waals surface area contributed by atoms with Crippen LogP contribution in [0.3, 0.4) is 0 Å². The van der Waals surface area contributed by atoms with Gasteiger partial charge in [0.2, 0.25) is 11.8 Å². The van der Waals surface area contributed by atoms with Gasteiger partial charge in [-0.15, -0.1) is 0 Å². The molecule has 1 aliphatic heterocycles. The molecule has 0 bridgehead atoms. The van der Waals surface area contributed by atoms with Crippen molar-refractivity contribution in [2.75, 3.05) is 19.6 Å². The molecule has 0 saturated carbocycles. The van der Waals surface area contributed by atoms with Gasteiger partial charge >= 0.3 is 0 Å². The lowest BCUT2D eigenvalue weighted by atomic mass is 9.81. The number of carbonyl (C=O) groups is 2. The van der Waals surface area contributed by atoms with E-state index in [0.717, 1.165) is 24.8 Å². The summed E-state index contributed by atoms with van der Waals surface area (Å²) in [6.45, 7) is 5.89. The first-order valence-corrected chi connectivity index (χ1v) is 8.35. The number of hydrogen-bond donors (Lipinski definition) is 1. The molecule has 1 aromatic carbocycles. The van der Waals surface area contributed by atoms with Gasteiger partial charge in [-0.05, 0) is 37.8 Å². The molecule has 1 saturated heterocycles. The molecular weight excluding hydrogens is 288 g/mol. The zero-order valence-electron chi connectivity index (χ0n) is 14.0. The first kappa shape index (κ1) is 17.3. The van der Waals surface area contributed by atoms with Crippen molar-refractivity contribution in [3.05, 3.63) is 42.0 Å². The molecule has 1 atom stereocenters. The van der Waals surface area contributed by atoms with Crippen molar-refractivity contribution in [3.8, 4) is 0 Å². The Labute approximate surface area is 138 Å². The van der Waals surface area contributed by atoms with Crippen LogP contribution in [0.15, 0.2) is 36.4 Å². The number of nitrogens with one attached hydrogen (secondary N) is 1. The second-order valence-electron chi connectivity index (χ2n) is 6.42. The van der Waals surface area contributed by atoms with E-state index in [1.807, 2.05) is 50.3 Å². The third-order valence-corrected chi connectivity index (χ3v) is 4.31. The van der Waals surface area contributed by atoms with E-state index in [-0.39, 0.29) is 11.8 Å². The van der Waals surface area contributed by atoms with E-state index in [2.05, 4.69) is 5.32 Å². The number of nitrogens with zero attached hydrogens (tertiary/aromatic N) is 1. The Morgan fingerprint density at radius 3 is 2.74 bits per heavy atom. The van der Waals surface area contributed by atoms with Crippen molar-refractivity contribution in [2.45, 2.75) is 33.1 Å². The first-order valence-electron chi connectivity index (χ1n) is 8.35. The van der Waals surface area contributed by atoms with E-state index >= 15 is 0 Å². The lowest BCUT2D eigenvalue weighted by Crippen LogP contribution is -2.51. The number of rotatable bonds is 5. The summed E-state index contributed by atoms with van der Waals surface area (Å²) in [5.74, 6) is 0.0342. The average molecular weight is 314 g/mol. The maximum absolute atomic E-state index is 12.4. The summed E-state index contributed by atoms with van der Waals surface area (Å²) in [5, 5.41) is 2.96. The standard InChI is InChI=1S/C19H26N2O2/c1-3-13-20-18(23)19(2)12-7-14-21(15-19)17(22)11-10-16-8-5-4-6-9-16/h4-6,8-11H,3,7,12-15H2,1-2H3,(H,20,23)/b11-10+. The molecule has 1 N–H and O–H groups in total. The molecule has 1 fully saturated rings. The molecule has 0 spiro atoms. The Kier molecular flexibility index (Phi) is 5.97. The van der Waals surface area contributed by atoms with Gasteiger partial charge in [-0.2, -0.15) is 0 Å². The van der Waals surface area contributed by atoms with E-state index in [0.29, 0.717) is 19.6 Å². The van der Waals surface area contributed by atoms with Crippen molar-refractivity contribution in [2.24, 2.45) is 5.41 Å². The van der Waals surface area contributed by atoms with Crippen LogP contribution >= 0.6 is 0 Å². The Morgan fingerprint density at radius 1 is 1.30 bits per heavy atom. The van der Waals surface area contributed by atoms with Gasteiger partial charge in [0.1, 0.15) is 0 Å². The molecule has 1 aromatic rings. The van der Waals surface area contributed by atoms with E-state index in [4.69, 9.17) is 0 Å². The summed E-state index contributed by atoms with van der Waals surface area (Å²) in [6, 6.07) is 9.76. The maximum atomic E-state index is 12.4. The number of amides is 2. The molecule has 2 rings (SSSR count). The molecule has 0 aromatic heterocycles. The largest absolute Gasteiger partial charge is 0.356 e. The fourth-order valence-corrected chi connectivity index (χ4v) is 2.90. The van der Waals surface area contributed by atoms with Crippen LogP contribution in [-0.2, 0) is 9.59 Å². The van der Waals surface area contributed by atoms with E-state index in [1.54, 1.807) is 11.0 Å². The minimum atomic E-state index is -0.482. The summed E-state index contributed by atoms with van der Waals surface area (Å²) in [7, 11) is 0. The number of carbonyl (C=O) groups excluding carboxylic acids is 2. The zero-order valence-corrected chi connectivity index (χ0v) is 14.0. The lowest BCUT2D eigenvalue weighted by Gasteiger charge is -2.39. The first-order chi connectivity index (χ1) is 11.0. The summed E-state index contributed by atoms with van der Waals surface area (Å²) in [5.41, 5.74) is 0.519. The smallest absolute Gasteiger partial charge is 0.246 e. The molecule has 4 nitrogen and oxygen atoms in total. The predicted octanol–water partition coefficient (Wildman–Crippen LogP) is 2.85. The highest BCUT2D eigenvalue weighted by molar-refractivity contribution is 5.92. The lowest BCUT2D eigenvalue weighted by molar-refractivity contribution is -0.138. The fourth-order valence-electron chi connectivity index (χ4n) is 2.90. The van der Waals surface area contributed by atoms with Crippen LogP contribution in [0.2, 0.25) is 0 Å². The van der Waals surface area contributed by atoms with Gasteiger partial charge in [0, 0.05) is 25.7 Å². The van der Waals surface area contributed by atoms with Crippen LogP contribution in [0, 0.1) is 5.41 Å². The van der Waals surface area contributed by atoms with Crippen LogP contribution in [-0.4, -0.2) is 36.3 Å². The molecule has 1 aliphatic rings. The SMILES string of the molecule is CCCNC(=O)C1(C)CCCN(C(=O)/C=C/c2ccccc2)C1. The fraction of sp³-hybridized carbons (Fsp3) is 0.474. The summed E-state index contributed by atoms with van der Waals surface area (Å²) >= 11 is 0. The highest BCUT2D eigenvalue weighted by atomic mass is 16.2. The molecule has 2 amide bonds. The van der Waals surface area contributed by atoms with Crippen LogP contribution in [0.4, 0.5) is 0 Å². The molecule has 124 valence electrons. The third-order valence-electron chi connectivity index (χ3n) is 4.31. The predicted molar refractivity (Wildman–Crippen MR) is 92.7 cm³/mol. The van der Waals surface area contributed by atoms with Gasteiger partial charge in [0.05, 0.1) is 5.41 Å². The number of likely N-dealkylation sites (tertiary alicyclic amines) is 1. The van der Waals surface area contributed by atoms with E-state index in [1.165, 1.54) is 0 Å². The monoisotopic (exact) mass is 314 g/mol. The minimum absolute atomic E-state index is 0.0249. The van der Waals surface area contributed by atoms with Gasteiger partial charge in [0.15, 0.2) is 0 Å². The molecule has 1 unspecified atom stereocenters. The van der Waals surface area contributed by atoms with Gasteiger partial charge in [-0.25, -0.2) is 0 Å². The minimum Gasteiger partial charge on any atom is -0.356 e. The van der Waals surface area contributed by atoms with Gasteiger partial charge in [-0.1, -0.05) is 37.3 Å². The molecule has 1 heterocycles. The Morgan fingerprint density at radius 2 is 2.04 bits per heavy atom. The molecule has 0 radical (unpaired) electrons. The Balaban J connectivity index is 1.98. The molecule has 4 heteroatoms. The van der Waals surface area contributed by atoms with Crippen LogP contribution in [0.25, 0.3) is 6.08 Å². The normalized spacial score (nSPS) is 21.4. The molecular formula is C19H26N2O2. The van der Waals surface area contributed by atoms with Crippen molar-refractivity contribution < 1.29 is 9.59 Å².